The van der Waals surface area contributed by atoms with E-state index in [2.05, 4.69) is 15.5 Å². The number of phenolic OH excluding ortho intramolecular Hbond substituents is 1. The van der Waals surface area contributed by atoms with Crippen LogP contribution in [0.25, 0.3) is 0 Å². The zero-order chi connectivity index (χ0) is 14.5. The van der Waals surface area contributed by atoms with Gasteiger partial charge in [0.25, 0.3) is 0 Å². The van der Waals surface area contributed by atoms with Gasteiger partial charge >= 0.3 is 0 Å². The standard InChI is InChI=1S/C13H17N3O4/c1-8-15-12(20-16-8)7-14-6-9-4-10(18-2)13(17)11(5-9)19-3/h4-5,14,17H,6-7H2,1-3H3. The average Bonchev–Trinajstić information content (AvgIpc) is 2.86. The lowest BCUT2D eigenvalue weighted by atomic mass is 10.2. The van der Waals surface area contributed by atoms with Crippen LogP contribution in [0, 0.1) is 6.92 Å². The zero-order valence-corrected chi connectivity index (χ0v) is 11.6. The highest BCUT2D eigenvalue weighted by Gasteiger charge is 2.11. The second kappa shape index (κ2) is 6.25. The quantitative estimate of drug-likeness (QED) is 0.825. The molecule has 2 N–H and O–H groups in total. The van der Waals surface area contributed by atoms with Crippen molar-refractivity contribution < 1.29 is 19.1 Å². The van der Waals surface area contributed by atoms with Crippen LogP contribution in [-0.4, -0.2) is 29.5 Å². The molecule has 0 amide bonds. The van der Waals surface area contributed by atoms with Gasteiger partial charge in [0.15, 0.2) is 17.3 Å². The van der Waals surface area contributed by atoms with Crippen molar-refractivity contribution in [1.29, 1.82) is 0 Å². The molecule has 1 aromatic carbocycles. The van der Waals surface area contributed by atoms with Crippen LogP contribution in [0.4, 0.5) is 0 Å². The third kappa shape index (κ3) is 3.18. The van der Waals surface area contributed by atoms with Gasteiger partial charge in [-0.15, -0.1) is 0 Å². The molecule has 108 valence electrons. The van der Waals surface area contributed by atoms with Crippen LogP contribution in [0.15, 0.2) is 16.7 Å². The Hall–Kier alpha value is -2.28. The number of ether oxygens (including phenoxy) is 2. The predicted octanol–water partition coefficient (Wildman–Crippen LogP) is 1.39. The van der Waals surface area contributed by atoms with Gasteiger partial charge in [0.05, 0.1) is 20.8 Å². The molecular formula is C13H17N3O4. The highest BCUT2D eigenvalue weighted by molar-refractivity contribution is 5.52. The summed E-state index contributed by atoms with van der Waals surface area (Å²) >= 11 is 0. The Kier molecular flexibility index (Phi) is 4.41. The number of rotatable bonds is 6. The van der Waals surface area contributed by atoms with E-state index in [0.29, 0.717) is 36.3 Å². The Labute approximate surface area is 116 Å². The van der Waals surface area contributed by atoms with Crippen LogP contribution in [0.1, 0.15) is 17.3 Å². The summed E-state index contributed by atoms with van der Waals surface area (Å²) in [7, 11) is 2.99. The summed E-state index contributed by atoms with van der Waals surface area (Å²) in [6.07, 6.45) is 0. The minimum atomic E-state index is -0.00808. The lowest BCUT2D eigenvalue weighted by Crippen LogP contribution is -2.13. The largest absolute Gasteiger partial charge is 0.502 e. The molecule has 0 saturated carbocycles. The van der Waals surface area contributed by atoms with E-state index < -0.39 is 0 Å². The Balaban J connectivity index is 2.02. The number of phenols is 1. The van der Waals surface area contributed by atoms with E-state index in [1.165, 1.54) is 14.2 Å². The number of aromatic hydroxyl groups is 1. The van der Waals surface area contributed by atoms with Gasteiger partial charge in [0.2, 0.25) is 11.6 Å². The SMILES string of the molecule is COc1cc(CNCc2nc(C)no2)cc(OC)c1O. The number of nitrogens with one attached hydrogen (secondary N) is 1. The van der Waals surface area contributed by atoms with E-state index in [0.717, 1.165) is 5.56 Å². The fraction of sp³-hybridized carbons (Fsp3) is 0.385. The van der Waals surface area contributed by atoms with Gasteiger partial charge in [0.1, 0.15) is 0 Å². The number of hydrogen-bond acceptors (Lipinski definition) is 7. The van der Waals surface area contributed by atoms with Gasteiger partial charge in [-0.3, -0.25) is 0 Å². The third-order valence-electron chi connectivity index (χ3n) is 2.71. The first-order valence-corrected chi connectivity index (χ1v) is 6.07. The van der Waals surface area contributed by atoms with Crippen molar-refractivity contribution in [3.8, 4) is 17.2 Å². The van der Waals surface area contributed by atoms with E-state index in [1.54, 1.807) is 19.1 Å². The van der Waals surface area contributed by atoms with E-state index >= 15 is 0 Å². The van der Waals surface area contributed by atoms with Crippen molar-refractivity contribution in [2.45, 2.75) is 20.0 Å². The first-order valence-electron chi connectivity index (χ1n) is 6.07. The molecule has 0 aliphatic heterocycles. The van der Waals surface area contributed by atoms with Gasteiger partial charge in [-0.1, -0.05) is 5.16 Å². The van der Waals surface area contributed by atoms with Gasteiger partial charge in [-0.25, -0.2) is 0 Å². The van der Waals surface area contributed by atoms with Crippen molar-refractivity contribution in [1.82, 2.24) is 15.5 Å². The van der Waals surface area contributed by atoms with Gasteiger partial charge < -0.3 is 24.4 Å². The first kappa shape index (κ1) is 14.1. The number of hydrogen-bond donors (Lipinski definition) is 2. The smallest absolute Gasteiger partial charge is 0.240 e. The third-order valence-corrected chi connectivity index (χ3v) is 2.71. The number of aryl methyl sites for hydroxylation is 1. The number of benzene rings is 1. The van der Waals surface area contributed by atoms with Gasteiger partial charge in [-0.05, 0) is 24.6 Å². The Morgan fingerprint density at radius 1 is 1.20 bits per heavy atom. The van der Waals surface area contributed by atoms with E-state index in [-0.39, 0.29) is 5.75 Å². The lowest BCUT2D eigenvalue weighted by molar-refractivity contribution is 0.338. The van der Waals surface area contributed by atoms with Crippen LogP contribution in [0.5, 0.6) is 17.2 Å². The molecule has 0 unspecified atom stereocenters. The molecule has 2 aromatic rings. The van der Waals surface area contributed by atoms with Crippen LogP contribution in [0.3, 0.4) is 0 Å². The van der Waals surface area contributed by atoms with Gasteiger partial charge in [-0.2, -0.15) is 4.98 Å². The first-order chi connectivity index (χ1) is 9.63. The van der Waals surface area contributed by atoms with Crippen LogP contribution in [0.2, 0.25) is 0 Å². The minimum absolute atomic E-state index is 0.00808. The van der Waals surface area contributed by atoms with E-state index in [9.17, 15) is 5.11 Å². The van der Waals surface area contributed by atoms with Crippen molar-refractivity contribution in [2.75, 3.05) is 14.2 Å². The molecule has 0 atom stereocenters. The summed E-state index contributed by atoms with van der Waals surface area (Å²) in [5, 5.41) is 16.7. The highest BCUT2D eigenvalue weighted by atomic mass is 16.5. The monoisotopic (exact) mass is 279 g/mol. The molecule has 0 radical (unpaired) electrons. The topological polar surface area (TPSA) is 89.6 Å². The normalized spacial score (nSPS) is 10.6. The molecule has 0 aliphatic carbocycles. The molecule has 7 nitrogen and oxygen atoms in total. The maximum absolute atomic E-state index is 9.82. The second-order valence-electron chi connectivity index (χ2n) is 4.19. The molecular weight excluding hydrogens is 262 g/mol. The summed E-state index contributed by atoms with van der Waals surface area (Å²) in [4.78, 5) is 4.09. The fourth-order valence-electron chi connectivity index (χ4n) is 1.78. The van der Waals surface area contributed by atoms with Crippen molar-refractivity contribution in [2.24, 2.45) is 0 Å². The maximum atomic E-state index is 9.82. The lowest BCUT2D eigenvalue weighted by Gasteiger charge is -2.11. The molecule has 1 aromatic heterocycles. The number of aromatic nitrogens is 2. The van der Waals surface area contributed by atoms with Crippen molar-refractivity contribution >= 4 is 0 Å². The Morgan fingerprint density at radius 3 is 2.35 bits per heavy atom. The summed E-state index contributed by atoms with van der Waals surface area (Å²) in [6.45, 7) is 2.78. The molecule has 1 heterocycles. The van der Waals surface area contributed by atoms with E-state index in [1.807, 2.05) is 0 Å². The molecule has 0 bridgehead atoms. The highest BCUT2D eigenvalue weighted by Crippen LogP contribution is 2.36. The zero-order valence-electron chi connectivity index (χ0n) is 11.6. The molecule has 20 heavy (non-hydrogen) atoms. The molecule has 0 spiro atoms. The van der Waals surface area contributed by atoms with Crippen molar-refractivity contribution in [3.63, 3.8) is 0 Å². The average molecular weight is 279 g/mol. The van der Waals surface area contributed by atoms with Crippen LogP contribution >= 0.6 is 0 Å². The number of nitrogens with zero attached hydrogens (tertiary/aromatic N) is 2. The van der Waals surface area contributed by atoms with Crippen LogP contribution < -0.4 is 14.8 Å². The summed E-state index contributed by atoms with van der Waals surface area (Å²) in [5.41, 5.74) is 0.910. The predicted molar refractivity (Wildman–Crippen MR) is 70.8 cm³/mol. The second-order valence-corrected chi connectivity index (χ2v) is 4.19. The summed E-state index contributed by atoms with van der Waals surface area (Å²) in [6, 6.07) is 3.48. The van der Waals surface area contributed by atoms with Crippen LogP contribution in [-0.2, 0) is 13.1 Å². The minimum Gasteiger partial charge on any atom is -0.502 e. The molecule has 0 aliphatic rings. The van der Waals surface area contributed by atoms with Crippen molar-refractivity contribution in [3.05, 3.63) is 29.4 Å². The fourth-order valence-corrected chi connectivity index (χ4v) is 1.78. The summed E-state index contributed by atoms with van der Waals surface area (Å²) in [5.74, 6) is 1.87. The van der Waals surface area contributed by atoms with Gasteiger partial charge in [0, 0.05) is 6.54 Å². The maximum Gasteiger partial charge on any atom is 0.240 e. The Bertz CT molecular complexity index is 558. The molecule has 7 heteroatoms. The summed E-state index contributed by atoms with van der Waals surface area (Å²) < 4.78 is 15.2. The van der Waals surface area contributed by atoms with E-state index in [4.69, 9.17) is 14.0 Å². The molecule has 0 saturated heterocycles. The molecule has 2 rings (SSSR count). The molecule has 0 fully saturated rings. The Morgan fingerprint density at radius 2 is 1.85 bits per heavy atom. The number of methoxy groups -OCH3 is 2.